The zero-order valence-corrected chi connectivity index (χ0v) is 19.9. The van der Waals surface area contributed by atoms with Gasteiger partial charge in [-0.3, -0.25) is 4.79 Å². The Hall–Kier alpha value is -2.83. The molecular weight excluding hydrogens is 477 g/mol. The number of nitrogens with one attached hydrogen (secondary N) is 1. The van der Waals surface area contributed by atoms with Crippen molar-refractivity contribution in [3.05, 3.63) is 53.1 Å². The van der Waals surface area contributed by atoms with Gasteiger partial charge in [0.05, 0.1) is 22.6 Å². The van der Waals surface area contributed by atoms with E-state index in [1.54, 1.807) is 12.1 Å². The molecule has 0 aromatic carbocycles. The van der Waals surface area contributed by atoms with Crippen molar-refractivity contribution < 1.29 is 22.7 Å². The van der Waals surface area contributed by atoms with Crippen molar-refractivity contribution in [2.45, 2.75) is 38.6 Å². The summed E-state index contributed by atoms with van der Waals surface area (Å²) in [6.07, 6.45) is -2.44. The van der Waals surface area contributed by atoms with Gasteiger partial charge in [0, 0.05) is 20.9 Å². The molecule has 176 valence electrons. The number of aromatic nitrogens is 5. The number of anilines is 1. The van der Waals surface area contributed by atoms with Gasteiger partial charge in [-0.05, 0) is 24.2 Å². The molecule has 3 heterocycles. The Bertz CT molecular complexity index is 1130. The smallest absolute Gasteiger partial charge is 0.358 e. The minimum absolute atomic E-state index is 0.0521. The van der Waals surface area contributed by atoms with E-state index < -0.39 is 31.5 Å². The predicted molar refractivity (Wildman–Crippen MR) is 120 cm³/mol. The fourth-order valence-corrected chi connectivity index (χ4v) is 3.57. The number of carbonyl (C=O) groups is 1. The van der Waals surface area contributed by atoms with E-state index in [-0.39, 0.29) is 17.4 Å². The maximum Gasteiger partial charge on any atom is 0.435 e. The molecule has 33 heavy (non-hydrogen) atoms. The van der Waals surface area contributed by atoms with Gasteiger partial charge in [-0.15, -0.1) is 5.10 Å². The highest BCUT2D eigenvalue weighted by molar-refractivity contribution is 6.76. The fraction of sp³-hybridized carbons (Fsp3) is 0.350. The maximum absolute atomic E-state index is 13.2. The van der Waals surface area contributed by atoms with Crippen LogP contribution in [0, 0.1) is 0 Å². The summed E-state index contributed by atoms with van der Waals surface area (Å²) < 4.78 is 45.2. The van der Waals surface area contributed by atoms with Crippen molar-refractivity contribution in [3.8, 4) is 11.4 Å². The molecule has 0 spiro atoms. The summed E-state index contributed by atoms with van der Waals surface area (Å²) in [5.41, 5.74) is -1.21. The van der Waals surface area contributed by atoms with Crippen molar-refractivity contribution in [2.75, 3.05) is 11.9 Å². The molecular formula is C20H22ClF3N6O2Si. The van der Waals surface area contributed by atoms with Crippen molar-refractivity contribution >= 4 is 31.3 Å². The Kier molecular flexibility index (Phi) is 7.50. The standard InChI is InChI=1S/C20H22ClF3N6O2Si/c1-33(2,3)8-7-32-12-30-26-11-17(29-30)14-5-4-6-15(27-14)19(31)28-16-9-13(21)10-25-18(16)20(22,23)24/h4-6,9-11H,7-8,12H2,1-3H3,(H,28,31). The van der Waals surface area contributed by atoms with E-state index in [9.17, 15) is 18.0 Å². The third-order valence-electron chi connectivity index (χ3n) is 4.35. The molecule has 13 heteroatoms. The molecule has 0 atom stereocenters. The van der Waals surface area contributed by atoms with Crippen molar-refractivity contribution in [3.63, 3.8) is 0 Å². The van der Waals surface area contributed by atoms with Crippen LogP contribution in [0.5, 0.6) is 0 Å². The van der Waals surface area contributed by atoms with Crippen LogP contribution in [0.3, 0.4) is 0 Å². The summed E-state index contributed by atoms with van der Waals surface area (Å²) in [5, 5.41) is 10.5. The Balaban J connectivity index is 1.71. The highest BCUT2D eigenvalue weighted by atomic mass is 35.5. The summed E-state index contributed by atoms with van der Waals surface area (Å²) in [6.45, 7) is 7.54. The third kappa shape index (κ3) is 7.07. The molecule has 1 amide bonds. The molecule has 3 rings (SSSR count). The number of halogens is 4. The molecule has 0 radical (unpaired) electrons. The van der Waals surface area contributed by atoms with Crippen LogP contribution in [-0.2, 0) is 17.6 Å². The normalized spacial score (nSPS) is 12.1. The van der Waals surface area contributed by atoms with Crippen LogP contribution in [0.1, 0.15) is 16.2 Å². The zero-order valence-electron chi connectivity index (χ0n) is 18.1. The lowest BCUT2D eigenvalue weighted by molar-refractivity contribution is -0.140. The first-order valence-electron chi connectivity index (χ1n) is 9.92. The summed E-state index contributed by atoms with van der Waals surface area (Å²) in [5.74, 6) is -0.853. The first-order chi connectivity index (χ1) is 15.4. The number of alkyl halides is 3. The molecule has 0 aliphatic rings. The van der Waals surface area contributed by atoms with E-state index in [4.69, 9.17) is 16.3 Å². The topological polar surface area (TPSA) is 94.8 Å². The summed E-state index contributed by atoms with van der Waals surface area (Å²) in [7, 11) is -1.20. The van der Waals surface area contributed by atoms with E-state index in [0.717, 1.165) is 18.3 Å². The quantitative estimate of drug-likeness (QED) is 0.348. The Morgan fingerprint density at radius 2 is 1.97 bits per heavy atom. The number of rotatable bonds is 8. The number of nitrogens with zero attached hydrogens (tertiary/aromatic N) is 5. The number of hydrogen-bond acceptors (Lipinski definition) is 6. The predicted octanol–water partition coefficient (Wildman–Crippen LogP) is 4.97. The molecule has 3 aromatic heterocycles. The van der Waals surface area contributed by atoms with Crippen LogP contribution in [0.15, 0.2) is 36.7 Å². The molecule has 1 N–H and O–H groups in total. The van der Waals surface area contributed by atoms with Gasteiger partial charge in [-0.1, -0.05) is 37.3 Å². The summed E-state index contributed by atoms with van der Waals surface area (Å²) >= 11 is 5.75. The number of hydrogen-bond donors (Lipinski definition) is 1. The van der Waals surface area contributed by atoms with Crippen LogP contribution in [0.4, 0.5) is 18.9 Å². The number of ether oxygens (including phenoxy) is 1. The molecule has 0 saturated carbocycles. The monoisotopic (exact) mass is 498 g/mol. The molecule has 3 aromatic rings. The van der Waals surface area contributed by atoms with Crippen LogP contribution < -0.4 is 5.32 Å². The largest absolute Gasteiger partial charge is 0.435 e. The first kappa shape index (κ1) is 24.8. The van der Waals surface area contributed by atoms with Gasteiger partial charge in [0.1, 0.15) is 11.4 Å². The van der Waals surface area contributed by atoms with Gasteiger partial charge < -0.3 is 10.1 Å². The van der Waals surface area contributed by atoms with Gasteiger partial charge >= 0.3 is 6.18 Å². The Labute approximate surface area is 194 Å². The number of amides is 1. The van der Waals surface area contributed by atoms with E-state index in [1.807, 2.05) is 0 Å². The van der Waals surface area contributed by atoms with Crippen molar-refractivity contribution in [1.82, 2.24) is 25.0 Å². The lowest BCUT2D eigenvalue weighted by Crippen LogP contribution is -2.22. The lowest BCUT2D eigenvalue weighted by Gasteiger charge is -2.14. The number of pyridine rings is 2. The van der Waals surface area contributed by atoms with E-state index in [1.165, 1.54) is 17.1 Å². The zero-order chi connectivity index (χ0) is 24.2. The molecule has 0 aliphatic carbocycles. The van der Waals surface area contributed by atoms with Crippen LogP contribution in [0.2, 0.25) is 30.7 Å². The molecule has 0 bridgehead atoms. The molecule has 0 fully saturated rings. The second-order valence-corrected chi connectivity index (χ2v) is 14.4. The van der Waals surface area contributed by atoms with Gasteiger partial charge in [-0.25, -0.2) is 9.97 Å². The Morgan fingerprint density at radius 3 is 2.67 bits per heavy atom. The van der Waals surface area contributed by atoms with Gasteiger partial charge in [-0.2, -0.15) is 23.1 Å². The first-order valence-corrected chi connectivity index (χ1v) is 14.0. The second kappa shape index (κ2) is 9.97. The summed E-state index contributed by atoms with van der Waals surface area (Å²) in [4.78, 5) is 21.4. The van der Waals surface area contributed by atoms with E-state index in [2.05, 4.69) is 45.1 Å². The van der Waals surface area contributed by atoms with E-state index in [0.29, 0.717) is 18.0 Å². The highest BCUT2D eigenvalue weighted by Gasteiger charge is 2.36. The highest BCUT2D eigenvalue weighted by Crippen LogP contribution is 2.34. The molecule has 0 unspecified atom stereocenters. The molecule has 0 saturated heterocycles. The van der Waals surface area contributed by atoms with Crippen LogP contribution in [-0.4, -0.2) is 45.5 Å². The van der Waals surface area contributed by atoms with Crippen molar-refractivity contribution in [1.29, 1.82) is 0 Å². The fourth-order valence-electron chi connectivity index (χ4n) is 2.65. The lowest BCUT2D eigenvalue weighted by atomic mass is 10.2. The maximum atomic E-state index is 13.2. The van der Waals surface area contributed by atoms with Crippen LogP contribution >= 0.6 is 11.6 Å². The van der Waals surface area contributed by atoms with Gasteiger partial charge in [0.15, 0.2) is 12.4 Å². The Morgan fingerprint density at radius 1 is 1.21 bits per heavy atom. The van der Waals surface area contributed by atoms with Crippen molar-refractivity contribution in [2.24, 2.45) is 0 Å². The SMILES string of the molecule is C[Si](C)(C)CCOCn1ncc(-c2cccc(C(=O)Nc3cc(Cl)cnc3C(F)(F)F)n2)n1. The average molecular weight is 499 g/mol. The number of carbonyl (C=O) groups excluding carboxylic acids is 1. The molecule has 8 nitrogen and oxygen atoms in total. The molecule has 0 aliphatic heterocycles. The minimum atomic E-state index is -4.77. The van der Waals surface area contributed by atoms with Gasteiger partial charge in [0.25, 0.3) is 5.91 Å². The summed E-state index contributed by atoms with van der Waals surface area (Å²) in [6, 6.07) is 6.51. The van der Waals surface area contributed by atoms with E-state index >= 15 is 0 Å². The van der Waals surface area contributed by atoms with Gasteiger partial charge in [0.2, 0.25) is 0 Å². The average Bonchev–Trinajstić information content (AvgIpc) is 3.19. The minimum Gasteiger partial charge on any atom is -0.358 e. The second-order valence-electron chi connectivity index (χ2n) is 8.36. The third-order valence-corrected chi connectivity index (χ3v) is 6.27. The van der Waals surface area contributed by atoms with Crippen LogP contribution in [0.25, 0.3) is 11.4 Å².